The number of aromatic nitrogens is 6. The van der Waals surface area contributed by atoms with Crippen molar-refractivity contribution in [3.8, 4) is 59.1 Å². The number of ether oxygens (including phenoxy) is 2. The average molecular weight is 1100 g/mol. The number of nitrogens with one attached hydrogen (secondary N) is 2. The Kier molecular flexibility index (Phi) is 11.9. The Morgan fingerprint density at radius 1 is 0.610 bits per heavy atom. The summed E-state index contributed by atoms with van der Waals surface area (Å²) in [6.07, 6.45) is 26.6. The van der Waals surface area contributed by atoms with Gasteiger partial charge in [-0.2, -0.15) is 19.9 Å². The van der Waals surface area contributed by atoms with Crippen molar-refractivity contribution in [1.82, 2.24) is 50.3 Å². The van der Waals surface area contributed by atoms with E-state index in [0.29, 0.717) is 76.5 Å². The lowest BCUT2D eigenvalue weighted by Gasteiger charge is -2.36. The Balaban J connectivity index is 0.736. The molecule has 8 aromatic rings. The monoisotopic (exact) mass is 1090 g/mol. The number of pyridine rings is 2. The Bertz CT molecular complexity index is 4000. The highest BCUT2D eigenvalue weighted by molar-refractivity contribution is 6.04. The number of rotatable bonds is 11. The number of halogens is 2. The van der Waals surface area contributed by atoms with E-state index in [2.05, 4.69) is 54.2 Å². The van der Waals surface area contributed by atoms with Crippen LogP contribution in [0.2, 0.25) is 0 Å². The van der Waals surface area contributed by atoms with Gasteiger partial charge in [-0.15, -0.1) is 12.8 Å². The minimum Gasteiger partial charge on any atom is -0.461 e. The molecule has 14 nitrogen and oxygen atoms in total. The van der Waals surface area contributed by atoms with Crippen molar-refractivity contribution in [3.05, 3.63) is 107 Å². The van der Waals surface area contributed by atoms with Crippen LogP contribution in [0.15, 0.2) is 79.0 Å². The maximum absolute atomic E-state index is 17.0. The van der Waals surface area contributed by atoms with Gasteiger partial charge in [0, 0.05) is 84.5 Å². The Hall–Kier alpha value is -7.60. The zero-order valence-corrected chi connectivity index (χ0v) is 45.9. The SMILES string of the molecule is C#Cc1c(F)ccc2cccc(-c3cnc4c(N5CC6CCC(C5)N6)nc(OCC56CCCN5C(c5cc(F)c(C#C)c7c(-c8ccc9c(N%10CC%11CCC(C%10)N%11)nc(OCC%10%11CCCN%10CCC%11)nc9n8)cccc57)CC6)nc4c3)c12. The number of fused-ring (bicyclic) bond motifs is 10. The molecule has 0 amide bonds. The molecule has 0 saturated carbocycles. The molecule has 16 rings (SSSR count). The van der Waals surface area contributed by atoms with E-state index in [1.807, 2.05) is 48.7 Å². The number of nitrogens with zero attached hydrogens (tertiary/aromatic N) is 10. The molecule has 0 spiro atoms. The standard InChI is InChI=1S/C66H64F2N12O2/c1-3-45-52(67)20-14-39-10-5-11-47(57(39)45)40-30-55-59(69-32-40)62(78-35-43-17-18-44(36-78)71-43)76-63(73-55)82-38-66-25-9-29-80(66)56(22-26-66)51-31-53(68)46(4-2)58-48(51)12-6-13-49(58)54-21-19-50-60(72-54)74-64(81-37-65-23-7-27-79(65)28-8-24-65)75-61(50)77-33-41-15-16-42(34-77)70-41/h1-2,5-6,10-14,19-21,30-32,41-44,56,70-71H,7-9,15-18,22-29,33-38H2. The van der Waals surface area contributed by atoms with E-state index in [-0.39, 0.29) is 34.3 Å². The molecule has 8 aliphatic rings. The zero-order valence-electron chi connectivity index (χ0n) is 45.9. The van der Waals surface area contributed by atoms with Gasteiger partial charge in [0.15, 0.2) is 11.5 Å². The molecule has 12 heterocycles. The third kappa shape index (κ3) is 8.18. The van der Waals surface area contributed by atoms with Crippen molar-refractivity contribution in [3.63, 3.8) is 0 Å². The van der Waals surface area contributed by atoms with E-state index in [9.17, 15) is 0 Å². The number of benzene rings is 4. The molecule has 6 atom stereocenters. The van der Waals surface area contributed by atoms with Gasteiger partial charge in [-0.05, 0) is 149 Å². The van der Waals surface area contributed by atoms with E-state index >= 15 is 8.78 Å². The van der Waals surface area contributed by atoms with Gasteiger partial charge in [0.05, 0.1) is 38.8 Å². The summed E-state index contributed by atoms with van der Waals surface area (Å²) in [5.74, 6) is 6.07. The van der Waals surface area contributed by atoms with Gasteiger partial charge in [0.25, 0.3) is 0 Å². The van der Waals surface area contributed by atoms with Gasteiger partial charge >= 0.3 is 12.0 Å². The largest absolute Gasteiger partial charge is 0.461 e. The molecule has 4 bridgehead atoms. The normalized spacial score (nSPS) is 25.6. The van der Waals surface area contributed by atoms with E-state index in [1.165, 1.54) is 18.9 Å². The van der Waals surface area contributed by atoms with Crippen LogP contribution in [0, 0.1) is 36.3 Å². The number of piperazine rings is 2. The summed E-state index contributed by atoms with van der Waals surface area (Å²) in [6.45, 7) is 7.24. The fraction of sp³-hybridized carbons (Fsp3) is 0.424. The second kappa shape index (κ2) is 19.5. The second-order valence-electron chi connectivity index (χ2n) is 24.6. The molecular weight excluding hydrogens is 1030 g/mol. The molecule has 2 N–H and O–H groups in total. The van der Waals surface area contributed by atoms with Crippen LogP contribution in [-0.4, -0.2) is 134 Å². The van der Waals surface area contributed by atoms with Crippen LogP contribution >= 0.6 is 0 Å². The fourth-order valence-electron chi connectivity index (χ4n) is 16.3. The van der Waals surface area contributed by atoms with Gasteiger partial charge in [-0.3, -0.25) is 14.8 Å². The highest BCUT2D eigenvalue weighted by Gasteiger charge is 2.51. The maximum atomic E-state index is 17.0. The third-order valence-corrected chi connectivity index (χ3v) is 20.1. The first-order valence-electron chi connectivity index (χ1n) is 29.8. The van der Waals surface area contributed by atoms with Gasteiger partial charge in [0.1, 0.15) is 36.2 Å². The molecule has 414 valence electrons. The predicted molar refractivity (Wildman–Crippen MR) is 315 cm³/mol. The van der Waals surface area contributed by atoms with Crippen molar-refractivity contribution in [1.29, 1.82) is 0 Å². The molecule has 4 aromatic carbocycles. The third-order valence-electron chi connectivity index (χ3n) is 20.1. The lowest BCUT2D eigenvalue weighted by atomic mass is 9.90. The van der Waals surface area contributed by atoms with Crippen molar-refractivity contribution in [2.75, 3.05) is 68.8 Å². The number of terminal acetylenes is 2. The Morgan fingerprint density at radius 3 is 2.02 bits per heavy atom. The summed E-state index contributed by atoms with van der Waals surface area (Å²) in [5.41, 5.74) is 5.80. The number of hydrogen-bond donors (Lipinski definition) is 2. The summed E-state index contributed by atoms with van der Waals surface area (Å²) >= 11 is 0. The molecule has 6 unspecified atom stereocenters. The quantitative estimate of drug-likeness (QED) is 0.119. The predicted octanol–water partition coefficient (Wildman–Crippen LogP) is 9.88. The Morgan fingerprint density at radius 2 is 1.27 bits per heavy atom. The Labute approximate surface area is 475 Å². The minimum atomic E-state index is -0.443. The smallest absolute Gasteiger partial charge is 0.320 e. The van der Waals surface area contributed by atoms with E-state index in [0.717, 1.165) is 160 Å². The van der Waals surface area contributed by atoms with Gasteiger partial charge in [-0.1, -0.05) is 54.3 Å². The van der Waals surface area contributed by atoms with Crippen molar-refractivity contribution >= 4 is 55.2 Å². The zero-order chi connectivity index (χ0) is 54.8. The molecule has 8 fully saturated rings. The van der Waals surface area contributed by atoms with Gasteiger partial charge in [-0.25, -0.2) is 13.8 Å². The van der Waals surface area contributed by atoms with E-state index in [1.54, 1.807) is 12.1 Å². The molecule has 8 saturated heterocycles. The summed E-state index contributed by atoms with van der Waals surface area (Å²) in [4.78, 5) is 40.7. The van der Waals surface area contributed by atoms with Gasteiger partial charge < -0.3 is 29.9 Å². The summed E-state index contributed by atoms with van der Waals surface area (Å²) < 4.78 is 45.8. The van der Waals surface area contributed by atoms with Crippen molar-refractivity contribution in [2.24, 2.45) is 0 Å². The molecule has 8 aliphatic heterocycles. The van der Waals surface area contributed by atoms with E-state index in [4.69, 9.17) is 52.2 Å². The molecular formula is C66H64F2N12O2. The summed E-state index contributed by atoms with van der Waals surface area (Å²) in [7, 11) is 0. The topological polar surface area (TPSA) is 133 Å². The fourth-order valence-corrected chi connectivity index (χ4v) is 16.3. The van der Waals surface area contributed by atoms with Crippen LogP contribution in [0.1, 0.15) is 99.8 Å². The van der Waals surface area contributed by atoms with Crippen LogP contribution in [-0.2, 0) is 0 Å². The first kappa shape index (κ1) is 50.2. The van der Waals surface area contributed by atoms with Crippen LogP contribution in [0.4, 0.5) is 20.4 Å². The van der Waals surface area contributed by atoms with Crippen LogP contribution in [0.5, 0.6) is 12.0 Å². The highest BCUT2D eigenvalue weighted by atomic mass is 19.1. The maximum Gasteiger partial charge on any atom is 0.320 e. The highest BCUT2D eigenvalue weighted by Crippen LogP contribution is 2.52. The molecule has 0 radical (unpaired) electrons. The van der Waals surface area contributed by atoms with E-state index < -0.39 is 11.6 Å². The van der Waals surface area contributed by atoms with Crippen LogP contribution in [0.25, 0.3) is 66.0 Å². The minimum absolute atomic E-state index is 0.0298. The molecule has 16 heteroatoms. The van der Waals surface area contributed by atoms with Crippen molar-refractivity contribution in [2.45, 2.75) is 118 Å². The van der Waals surface area contributed by atoms with Gasteiger partial charge in [0.2, 0.25) is 0 Å². The lowest BCUT2D eigenvalue weighted by Crippen LogP contribution is -2.51. The second-order valence-corrected chi connectivity index (χ2v) is 24.6. The molecule has 4 aromatic heterocycles. The first-order valence-corrected chi connectivity index (χ1v) is 29.8. The summed E-state index contributed by atoms with van der Waals surface area (Å²) in [6, 6.07) is 24.9. The first-order chi connectivity index (χ1) is 40.2. The van der Waals surface area contributed by atoms with Crippen LogP contribution < -0.4 is 29.9 Å². The van der Waals surface area contributed by atoms with Crippen LogP contribution in [0.3, 0.4) is 0 Å². The molecule has 0 aliphatic carbocycles. The van der Waals surface area contributed by atoms with Crippen molar-refractivity contribution < 1.29 is 18.3 Å². The number of anilines is 2. The lowest BCUT2D eigenvalue weighted by molar-refractivity contribution is 0.0848. The molecule has 82 heavy (non-hydrogen) atoms. The average Bonchev–Trinajstić information content (AvgIpc) is 4.45. The number of hydrogen-bond acceptors (Lipinski definition) is 14. The summed E-state index contributed by atoms with van der Waals surface area (Å²) in [5, 5.41) is 11.5.